The first-order valence-corrected chi connectivity index (χ1v) is 5.11. The summed E-state index contributed by atoms with van der Waals surface area (Å²) >= 11 is 0. The summed E-state index contributed by atoms with van der Waals surface area (Å²) in [7, 11) is 0. The Labute approximate surface area is 83.1 Å². The van der Waals surface area contributed by atoms with Crippen LogP contribution in [0.3, 0.4) is 0 Å². The van der Waals surface area contributed by atoms with Gasteiger partial charge in [0.25, 0.3) is 5.82 Å². The van der Waals surface area contributed by atoms with Gasteiger partial charge in [-0.2, -0.15) is 0 Å². The maximum atomic E-state index is 5.22. The molecule has 0 radical (unpaired) electrons. The second kappa shape index (κ2) is 3.07. The average Bonchev–Trinajstić information content (AvgIpc) is 3.03. The van der Waals surface area contributed by atoms with E-state index in [0.717, 1.165) is 26.3 Å². The molecule has 2 unspecified atom stereocenters. The Balaban J connectivity index is 1.72. The predicted octanol–water partition coefficient (Wildman–Crippen LogP) is -0.118. The molecule has 0 aromatic carbocycles. The van der Waals surface area contributed by atoms with Crippen LogP contribution in [0, 0.1) is 6.92 Å². The fourth-order valence-electron chi connectivity index (χ4n) is 1.71. The third-order valence-electron chi connectivity index (χ3n) is 2.86. The molecule has 2 atom stereocenters. The Morgan fingerprint density at radius 1 is 1.43 bits per heavy atom. The van der Waals surface area contributed by atoms with Crippen molar-refractivity contribution < 1.29 is 14.0 Å². The van der Waals surface area contributed by atoms with E-state index >= 15 is 0 Å². The molecule has 3 heterocycles. The highest BCUT2D eigenvalue weighted by Crippen LogP contribution is 2.13. The highest BCUT2D eigenvalue weighted by Gasteiger charge is 2.30. The van der Waals surface area contributed by atoms with Crippen LogP contribution in [0.5, 0.6) is 0 Å². The zero-order valence-corrected chi connectivity index (χ0v) is 8.35. The van der Waals surface area contributed by atoms with E-state index in [9.17, 15) is 0 Å². The van der Waals surface area contributed by atoms with E-state index in [1.807, 2.05) is 0 Å². The van der Waals surface area contributed by atoms with Crippen LogP contribution < -0.4 is 4.57 Å². The van der Waals surface area contributed by atoms with Gasteiger partial charge in [-0.25, -0.2) is 9.13 Å². The van der Waals surface area contributed by atoms with Crippen LogP contribution in [0.15, 0.2) is 12.4 Å². The molecule has 0 amide bonds. The average molecular weight is 195 g/mol. The largest absolute Gasteiger partial charge is 0.369 e. The van der Waals surface area contributed by atoms with E-state index < -0.39 is 0 Å². The van der Waals surface area contributed by atoms with Gasteiger partial charge >= 0.3 is 0 Å². The van der Waals surface area contributed by atoms with Crippen LogP contribution >= 0.6 is 0 Å². The van der Waals surface area contributed by atoms with Crippen LogP contribution in [0.25, 0.3) is 0 Å². The van der Waals surface area contributed by atoms with E-state index in [4.69, 9.17) is 9.47 Å². The van der Waals surface area contributed by atoms with Gasteiger partial charge in [0, 0.05) is 6.92 Å². The minimum absolute atomic E-state index is 0.451. The molecule has 2 fully saturated rings. The second-order valence-electron chi connectivity index (χ2n) is 4.06. The molecule has 0 saturated carbocycles. The lowest BCUT2D eigenvalue weighted by Crippen LogP contribution is -2.38. The van der Waals surface area contributed by atoms with Crippen molar-refractivity contribution in [1.29, 1.82) is 0 Å². The van der Waals surface area contributed by atoms with Crippen molar-refractivity contribution >= 4 is 0 Å². The number of hydrogen-bond donors (Lipinski definition) is 0. The smallest absolute Gasteiger partial charge is 0.253 e. The summed E-state index contributed by atoms with van der Waals surface area (Å²) in [6, 6.07) is 0. The van der Waals surface area contributed by atoms with Crippen molar-refractivity contribution in [1.82, 2.24) is 4.57 Å². The van der Waals surface area contributed by atoms with Gasteiger partial charge in [-0.05, 0) is 0 Å². The molecule has 2 saturated heterocycles. The number of nitrogens with zero attached hydrogens (tertiary/aromatic N) is 2. The molecule has 3 rings (SSSR count). The number of epoxide rings is 2. The molecule has 2 aliphatic rings. The van der Waals surface area contributed by atoms with Gasteiger partial charge in [0.1, 0.15) is 37.7 Å². The van der Waals surface area contributed by atoms with Crippen LogP contribution in [0.4, 0.5) is 0 Å². The van der Waals surface area contributed by atoms with Crippen molar-refractivity contribution in [2.75, 3.05) is 13.2 Å². The number of imidazole rings is 1. The molecular formula is C10H15N2O2+. The fraction of sp³-hybridized carbons (Fsp3) is 0.700. The Morgan fingerprint density at radius 3 is 2.79 bits per heavy atom. The molecular weight excluding hydrogens is 180 g/mol. The molecule has 14 heavy (non-hydrogen) atoms. The van der Waals surface area contributed by atoms with Crippen molar-refractivity contribution in [2.45, 2.75) is 32.2 Å². The van der Waals surface area contributed by atoms with Gasteiger partial charge < -0.3 is 9.47 Å². The monoisotopic (exact) mass is 195 g/mol. The quantitative estimate of drug-likeness (QED) is 0.496. The molecule has 76 valence electrons. The van der Waals surface area contributed by atoms with Gasteiger partial charge in [0.2, 0.25) is 0 Å². The minimum Gasteiger partial charge on any atom is -0.369 e. The lowest BCUT2D eigenvalue weighted by Gasteiger charge is -1.97. The lowest BCUT2D eigenvalue weighted by molar-refractivity contribution is -0.703. The van der Waals surface area contributed by atoms with Crippen LogP contribution in [0.1, 0.15) is 5.82 Å². The third-order valence-corrected chi connectivity index (χ3v) is 2.86. The zero-order chi connectivity index (χ0) is 9.54. The Morgan fingerprint density at radius 2 is 2.14 bits per heavy atom. The third kappa shape index (κ3) is 1.67. The first kappa shape index (κ1) is 8.44. The molecule has 1 aromatic heterocycles. The highest BCUT2D eigenvalue weighted by molar-refractivity contribution is 4.84. The summed E-state index contributed by atoms with van der Waals surface area (Å²) in [5.74, 6) is 1.29. The van der Waals surface area contributed by atoms with E-state index in [0.29, 0.717) is 12.2 Å². The van der Waals surface area contributed by atoms with Crippen molar-refractivity contribution in [3.8, 4) is 0 Å². The van der Waals surface area contributed by atoms with E-state index in [-0.39, 0.29) is 0 Å². The van der Waals surface area contributed by atoms with Crippen LogP contribution in [0.2, 0.25) is 0 Å². The Kier molecular flexibility index (Phi) is 1.85. The topological polar surface area (TPSA) is 33.9 Å². The van der Waals surface area contributed by atoms with Gasteiger partial charge in [0.05, 0.1) is 13.2 Å². The maximum absolute atomic E-state index is 5.22. The standard InChI is InChI=1S/C10H15N2O2/c1-8-11(4-9-6-13-9)2-3-12(8)5-10-7-14-10/h2-3,9-10H,4-7H2,1H3/q+1. The lowest BCUT2D eigenvalue weighted by atomic mass is 10.4. The van der Waals surface area contributed by atoms with E-state index in [2.05, 4.69) is 28.5 Å². The van der Waals surface area contributed by atoms with Crippen molar-refractivity contribution in [2.24, 2.45) is 0 Å². The molecule has 2 aliphatic heterocycles. The number of rotatable bonds is 4. The molecule has 1 aromatic rings. The normalized spacial score (nSPS) is 29.2. The van der Waals surface area contributed by atoms with Crippen LogP contribution in [-0.4, -0.2) is 30.0 Å². The predicted molar refractivity (Wildman–Crippen MR) is 48.8 cm³/mol. The van der Waals surface area contributed by atoms with E-state index in [1.54, 1.807) is 0 Å². The molecule has 0 N–H and O–H groups in total. The molecule has 4 heteroatoms. The maximum Gasteiger partial charge on any atom is 0.253 e. The SMILES string of the molecule is Cc1n(CC2CO2)cc[n+]1CC1CO1. The first-order valence-electron chi connectivity index (χ1n) is 5.11. The van der Waals surface area contributed by atoms with Crippen molar-refractivity contribution in [3.05, 3.63) is 18.2 Å². The van der Waals surface area contributed by atoms with Crippen molar-refractivity contribution in [3.63, 3.8) is 0 Å². The molecule has 0 bridgehead atoms. The first-order chi connectivity index (χ1) is 6.83. The summed E-state index contributed by atoms with van der Waals surface area (Å²) in [5.41, 5.74) is 0. The summed E-state index contributed by atoms with van der Waals surface area (Å²) in [5, 5.41) is 0. The highest BCUT2D eigenvalue weighted by atomic mass is 16.6. The Bertz CT molecular complexity index is 308. The van der Waals surface area contributed by atoms with E-state index in [1.165, 1.54) is 5.82 Å². The zero-order valence-electron chi connectivity index (χ0n) is 8.35. The fourth-order valence-corrected chi connectivity index (χ4v) is 1.71. The van der Waals surface area contributed by atoms with Gasteiger partial charge in [-0.3, -0.25) is 0 Å². The van der Waals surface area contributed by atoms with Gasteiger partial charge in [0.15, 0.2) is 0 Å². The Hall–Kier alpha value is -0.870. The number of ether oxygens (including phenoxy) is 2. The summed E-state index contributed by atoms with van der Waals surface area (Å²) < 4.78 is 14.9. The van der Waals surface area contributed by atoms with Gasteiger partial charge in [-0.1, -0.05) is 0 Å². The molecule has 0 aliphatic carbocycles. The summed E-state index contributed by atoms with van der Waals surface area (Å²) in [4.78, 5) is 0. The molecule has 4 nitrogen and oxygen atoms in total. The van der Waals surface area contributed by atoms with Crippen LogP contribution in [-0.2, 0) is 22.6 Å². The number of aromatic nitrogens is 2. The summed E-state index contributed by atoms with van der Waals surface area (Å²) in [6.45, 7) is 5.96. The number of hydrogen-bond acceptors (Lipinski definition) is 2. The van der Waals surface area contributed by atoms with Gasteiger partial charge in [-0.15, -0.1) is 0 Å². The summed E-state index contributed by atoms with van der Waals surface area (Å²) in [6.07, 6.45) is 5.15. The molecule has 0 spiro atoms. The second-order valence-corrected chi connectivity index (χ2v) is 4.06. The minimum atomic E-state index is 0.451.